The summed E-state index contributed by atoms with van der Waals surface area (Å²) in [7, 11) is 4.20. The fraction of sp³-hybridized carbons (Fsp3) is 0.412. The molecule has 0 aliphatic heterocycles. The Morgan fingerprint density at radius 3 is 2.48 bits per heavy atom. The van der Waals surface area contributed by atoms with Crippen LogP contribution in [0.25, 0.3) is 0 Å². The predicted molar refractivity (Wildman–Crippen MR) is 93.1 cm³/mol. The monoisotopic (exact) mass is 322 g/mol. The molecule has 4 heteroatoms. The van der Waals surface area contributed by atoms with Crippen LogP contribution < -0.4 is 5.32 Å². The van der Waals surface area contributed by atoms with E-state index in [1.807, 2.05) is 13.1 Å². The molecule has 1 N–H and O–H groups in total. The molecule has 1 aromatic heterocycles. The van der Waals surface area contributed by atoms with E-state index in [1.54, 1.807) is 11.3 Å². The van der Waals surface area contributed by atoms with E-state index in [1.165, 1.54) is 10.4 Å². The predicted octanol–water partition coefficient (Wildman–Crippen LogP) is 4.43. The number of hydrogen-bond acceptors (Lipinski definition) is 3. The van der Waals surface area contributed by atoms with Crippen LogP contribution in [0.5, 0.6) is 0 Å². The summed E-state index contributed by atoms with van der Waals surface area (Å²) in [5.74, 6) is 0.526. The SMILES string of the molecule is CNC(c1ccccc1)C(C)CN(C)Cc1ccc(Cl)s1. The van der Waals surface area contributed by atoms with E-state index >= 15 is 0 Å². The van der Waals surface area contributed by atoms with Crippen LogP contribution in [0.2, 0.25) is 4.34 Å². The van der Waals surface area contributed by atoms with Gasteiger partial charge in [-0.05, 0) is 37.7 Å². The van der Waals surface area contributed by atoms with Crippen molar-refractivity contribution in [1.82, 2.24) is 10.2 Å². The van der Waals surface area contributed by atoms with Crippen molar-refractivity contribution < 1.29 is 0 Å². The third-order valence-electron chi connectivity index (χ3n) is 3.69. The number of thiophene rings is 1. The molecule has 2 atom stereocenters. The van der Waals surface area contributed by atoms with Gasteiger partial charge >= 0.3 is 0 Å². The summed E-state index contributed by atoms with van der Waals surface area (Å²) in [4.78, 5) is 3.68. The second kappa shape index (κ2) is 7.95. The highest BCUT2D eigenvalue weighted by atomic mass is 35.5. The van der Waals surface area contributed by atoms with Crippen molar-refractivity contribution in [3.63, 3.8) is 0 Å². The van der Waals surface area contributed by atoms with Crippen LogP contribution in [0.15, 0.2) is 42.5 Å². The first-order valence-corrected chi connectivity index (χ1v) is 8.44. The van der Waals surface area contributed by atoms with Gasteiger partial charge in [0.1, 0.15) is 0 Å². The zero-order chi connectivity index (χ0) is 15.2. The number of rotatable bonds is 7. The fourth-order valence-corrected chi connectivity index (χ4v) is 3.97. The minimum atomic E-state index is 0.376. The van der Waals surface area contributed by atoms with Crippen LogP contribution in [-0.2, 0) is 6.54 Å². The average molecular weight is 323 g/mol. The molecule has 0 saturated carbocycles. The molecule has 0 spiro atoms. The average Bonchev–Trinajstić information content (AvgIpc) is 2.85. The topological polar surface area (TPSA) is 15.3 Å². The zero-order valence-electron chi connectivity index (χ0n) is 12.8. The molecule has 0 aliphatic carbocycles. The van der Waals surface area contributed by atoms with E-state index in [4.69, 9.17) is 11.6 Å². The van der Waals surface area contributed by atoms with Crippen molar-refractivity contribution in [2.75, 3.05) is 20.6 Å². The molecular formula is C17H23ClN2S. The molecule has 0 amide bonds. The summed E-state index contributed by atoms with van der Waals surface area (Å²) in [5.41, 5.74) is 1.35. The zero-order valence-corrected chi connectivity index (χ0v) is 14.4. The second-order valence-corrected chi connectivity index (χ2v) is 7.36. The molecule has 0 fully saturated rings. The normalized spacial score (nSPS) is 14.3. The van der Waals surface area contributed by atoms with Gasteiger partial charge in [-0.3, -0.25) is 0 Å². The van der Waals surface area contributed by atoms with Gasteiger partial charge in [0.2, 0.25) is 0 Å². The molecular weight excluding hydrogens is 300 g/mol. The number of benzene rings is 1. The molecule has 0 radical (unpaired) electrons. The van der Waals surface area contributed by atoms with E-state index in [-0.39, 0.29) is 0 Å². The number of hydrogen-bond donors (Lipinski definition) is 1. The van der Waals surface area contributed by atoms with E-state index in [2.05, 4.69) is 60.6 Å². The van der Waals surface area contributed by atoms with Crippen LogP contribution in [0.4, 0.5) is 0 Å². The van der Waals surface area contributed by atoms with Crippen LogP contribution >= 0.6 is 22.9 Å². The van der Waals surface area contributed by atoms with Gasteiger partial charge in [0, 0.05) is 24.0 Å². The van der Waals surface area contributed by atoms with Gasteiger partial charge in [0.15, 0.2) is 0 Å². The molecule has 2 aromatic rings. The Bertz CT molecular complexity index is 541. The lowest BCUT2D eigenvalue weighted by Crippen LogP contribution is -2.32. The second-order valence-electron chi connectivity index (χ2n) is 5.56. The first kappa shape index (κ1) is 16.5. The first-order valence-electron chi connectivity index (χ1n) is 7.25. The molecule has 21 heavy (non-hydrogen) atoms. The summed E-state index contributed by atoms with van der Waals surface area (Å²) in [6.45, 7) is 4.29. The van der Waals surface area contributed by atoms with Gasteiger partial charge in [-0.15, -0.1) is 11.3 Å². The maximum Gasteiger partial charge on any atom is 0.0931 e. The summed E-state index contributed by atoms with van der Waals surface area (Å²) in [6.07, 6.45) is 0. The largest absolute Gasteiger partial charge is 0.313 e. The highest BCUT2D eigenvalue weighted by Crippen LogP contribution is 2.25. The highest BCUT2D eigenvalue weighted by molar-refractivity contribution is 7.16. The third kappa shape index (κ3) is 4.82. The van der Waals surface area contributed by atoms with Crippen LogP contribution in [0.1, 0.15) is 23.4 Å². The summed E-state index contributed by atoms with van der Waals surface area (Å²) >= 11 is 7.65. The molecule has 114 valence electrons. The Kier molecular flexibility index (Phi) is 6.24. The van der Waals surface area contributed by atoms with Crippen LogP contribution in [0.3, 0.4) is 0 Å². The molecule has 0 saturated heterocycles. The van der Waals surface area contributed by atoms with Crippen LogP contribution in [-0.4, -0.2) is 25.5 Å². The summed E-state index contributed by atoms with van der Waals surface area (Å²) < 4.78 is 0.865. The summed E-state index contributed by atoms with van der Waals surface area (Å²) in [6, 6.07) is 15.1. The smallest absolute Gasteiger partial charge is 0.0931 e. The lowest BCUT2D eigenvalue weighted by molar-refractivity contribution is 0.247. The number of nitrogens with one attached hydrogen (secondary N) is 1. The van der Waals surface area contributed by atoms with Crippen molar-refractivity contribution in [2.24, 2.45) is 5.92 Å². The first-order chi connectivity index (χ1) is 10.1. The van der Waals surface area contributed by atoms with Crippen molar-refractivity contribution in [2.45, 2.75) is 19.5 Å². The highest BCUT2D eigenvalue weighted by Gasteiger charge is 2.19. The molecule has 2 unspecified atom stereocenters. The fourth-order valence-electron chi connectivity index (χ4n) is 2.80. The minimum absolute atomic E-state index is 0.376. The van der Waals surface area contributed by atoms with Gasteiger partial charge in [-0.2, -0.15) is 0 Å². The molecule has 0 aliphatic rings. The lowest BCUT2D eigenvalue weighted by atomic mass is 9.94. The minimum Gasteiger partial charge on any atom is -0.313 e. The van der Waals surface area contributed by atoms with E-state index in [0.29, 0.717) is 12.0 Å². The quantitative estimate of drug-likeness (QED) is 0.811. The molecule has 2 rings (SSSR count). The Balaban J connectivity index is 1.94. The Hall–Kier alpha value is -0.870. The van der Waals surface area contributed by atoms with E-state index in [9.17, 15) is 0 Å². The molecule has 2 nitrogen and oxygen atoms in total. The van der Waals surface area contributed by atoms with Crippen molar-refractivity contribution in [3.8, 4) is 0 Å². The number of nitrogens with zero attached hydrogens (tertiary/aromatic N) is 1. The van der Waals surface area contributed by atoms with Crippen LogP contribution in [0, 0.1) is 5.92 Å². The third-order valence-corrected chi connectivity index (χ3v) is 4.91. The molecule has 0 bridgehead atoms. The Morgan fingerprint density at radius 2 is 1.90 bits per heavy atom. The summed E-state index contributed by atoms with van der Waals surface area (Å²) in [5, 5.41) is 3.45. The van der Waals surface area contributed by atoms with Crippen molar-refractivity contribution in [3.05, 3.63) is 57.2 Å². The van der Waals surface area contributed by atoms with Gasteiger partial charge in [0.05, 0.1) is 4.34 Å². The Labute approximate surface area is 136 Å². The number of halogens is 1. The Morgan fingerprint density at radius 1 is 1.19 bits per heavy atom. The molecule has 1 heterocycles. The lowest BCUT2D eigenvalue weighted by Gasteiger charge is -2.28. The van der Waals surface area contributed by atoms with E-state index in [0.717, 1.165) is 17.4 Å². The standard InChI is InChI=1S/C17H23ClN2S/c1-13(17(19-2)14-7-5-4-6-8-14)11-20(3)12-15-9-10-16(18)21-15/h4-10,13,17,19H,11-12H2,1-3H3. The molecule has 1 aromatic carbocycles. The van der Waals surface area contributed by atoms with Crippen molar-refractivity contribution in [1.29, 1.82) is 0 Å². The van der Waals surface area contributed by atoms with E-state index < -0.39 is 0 Å². The maximum atomic E-state index is 5.99. The van der Waals surface area contributed by atoms with Gasteiger partial charge in [0.25, 0.3) is 0 Å². The van der Waals surface area contributed by atoms with Gasteiger partial charge in [-0.1, -0.05) is 48.9 Å². The van der Waals surface area contributed by atoms with Gasteiger partial charge < -0.3 is 10.2 Å². The van der Waals surface area contributed by atoms with Crippen molar-refractivity contribution >= 4 is 22.9 Å². The van der Waals surface area contributed by atoms with Gasteiger partial charge in [-0.25, -0.2) is 0 Å². The maximum absolute atomic E-state index is 5.99.